The van der Waals surface area contributed by atoms with Gasteiger partial charge in [0.05, 0.1) is 17.9 Å². The molecule has 1 aromatic carbocycles. The predicted octanol–water partition coefficient (Wildman–Crippen LogP) is 2.89. The second-order valence-corrected chi connectivity index (χ2v) is 8.92. The summed E-state index contributed by atoms with van der Waals surface area (Å²) in [6, 6.07) is 3.33. The minimum absolute atomic E-state index is 0.00840. The Morgan fingerprint density at radius 1 is 1.24 bits per heavy atom. The van der Waals surface area contributed by atoms with Crippen molar-refractivity contribution in [3.63, 3.8) is 0 Å². The Kier molecular flexibility index (Phi) is 7.45. The molecule has 34 heavy (non-hydrogen) atoms. The van der Waals surface area contributed by atoms with Crippen LogP contribution in [-0.4, -0.2) is 64.3 Å². The van der Waals surface area contributed by atoms with Gasteiger partial charge in [0, 0.05) is 64.5 Å². The number of piperidine rings is 1. The lowest BCUT2D eigenvalue weighted by molar-refractivity contribution is -0.129. The molecule has 2 aromatic rings. The van der Waals surface area contributed by atoms with Crippen LogP contribution in [0.4, 0.5) is 20.4 Å². The van der Waals surface area contributed by atoms with Gasteiger partial charge in [-0.05, 0) is 25.5 Å². The Hall–Kier alpha value is -3.01. The van der Waals surface area contributed by atoms with Crippen LogP contribution in [0.5, 0.6) is 5.75 Å². The molecule has 2 aliphatic heterocycles. The van der Waals surface area contributed by atoms with Crippen molar-refractivity contribution in [2.75, 3.05) is 36.5 Å². The molecule has 1 fully saturated rings. The van der Waals surface area contributed by atoms with Crippen molar-refractivity contribution in [3.8, 4) is 5.75 Å². The van der Waals surface area contributed by atoms with Gasteiger partial charge in [-0.25, -0.2) is 18.7 Å². The van der Waals surface area contributed by atoms with Crippen molar-refractivity contribution < 1.29 is 23.4 Å². The van der Waals surface area contributed by atoms with E-state index in [4.69, 9.17) is 14.7 Å². The molecule has 0 saturated carbocycles. The summed E-state index contributed by atoms with van der Waals surface area (Å²) < 4.78 is 32.9. The van der Waals surface area contributed by atoms with E-state index in [1.807, 2.05) is 6.92 Å². The molecule has 184 valence electrons. The quantitative estimate of drug-likeness (QED) is 0.636. The van der Waals surface area contributed by atoms with Crippen LogP contribution in [0, 0.1) is 11.6 Å². The van der Waals surface area contributed by atoms with Gasteiger partial charge in [0.2, 0.25) is 5.91 Å². The van der Waals surface area contributed by atoms with E-state index in [2.05, 4.69) is 10.2 Å². The van der Waals surface area contributed by atoms with Crippen molar-refractivity contribution in [2.24, 2.45) is 0 Å². The Labute approximate surface area is 197 Å². The molecule has 3 heterocycles. The monoisotopic (exact) mass is 475 g/mol. The lowest BCUT2D eigenvalue weighted by Gasteiger charge is -2.35. The smallest absolute Gasteiger partial charge is 0.219 e. The van der Waals surface area contributed by atoms with E-state index in [1.165, 1.54) is 12.1 Å². The molecule has 1 aromatic heterocycles. The molecule has 8 nitrogen and oxygen atoms in total. The SMILES string of the molecule is CC(=O)N1CCc2nc(N3CCC(Oc4ccc(F)cc4F)CC3)c(N[C@H](C)CCO)nc2C1. The first kappa shape index (κ1) is 24.1. The van der Waals surface area contributed by atoms with Gasteiger partial charge in [-0.15, -0.1) is 0 Å². The Morgan fingerprint density at radius 2 is 2.00 bits per heavy atom. The van der Waals surface area contributed by atoms with Crippen LogP contribution >= 0.6 is 0 Å². The van der Waals surface area contributed by atoms with Gasteiger partial charge >= 0.3 is 0 Å². The fourth-order valence-corrected chi connectivity index (χ4v) is 4.34. The van der Waals surface area contributed by atoms with Crippen molar-refractivity contribution in [3.05, 3.63) is 41.2 Å². The highest BCUT2D eigenvalue weighted by Gasteiger charge is 2.28. The first-order valence-corrected chi connectivity index (χ1v) is 11.7. The fourth-order valence-electron chi connectivity index (χ4n) is 4.34. The molecular weight excluding hydrogens is 444 g/mol. The summed E-state index contributed by atoms with van der Waals surface area (Å²) in [6.45, 7) is 5.92. The van der Waals surface area contributed by atoms with Crippen molar-refractivity contribution in [1.29, 1.82) is 0 Å². The molecule has 0 bridgehead atoms. The zero-order chi connectivity index (χ0) is 24.2. The number of carbonyl (C=O) groups is 1. The number of aliphatic hydroxyl groups excluding tert-OH is 1. The van der Waals surface area contributed by atoms with E-state index in [-0.39, 0.29) is 30.4 Å². The van der Waals surface area contributed by atoms with E-state index < -0.39 is 11.6 Å². The second-order valence-electron chi connectivity index (χ2n) is 8.92. The molecule has 2 aliphatic rings. The fraction of sp³-hybridized carbons (Fsp3) is 0.542. The summed E-state index contributed by atoms with van der Waals surface area (Å²) in [5.74, 6) is 0.114. The topological polar surface area (TPSA) is 90.8 Å². The molecular formula is C24H31F2N5O3. The Bertz CT molecular complexity index is 1030. The van der Waals surface area contributed by atoms with Crippen LogP contribution in [-0.2, 0) is 17.8 Å². The maximum Gasteiger partial charge on any atom is 0.219 e. The number of nitrogens with zero attached hydrogens (tertiary/aromatic N) is 4. The summed E-state index contributed by atoms with van der Waals surface area (Å²) >= 11 is 0. The normalized spacial score (nSPS) is 17.3. The summed E-state index contributed by atoms with van der Waals surface area (Å²) in [5.41, 5.74) is 1.67. The molecule has 10 heteroatoms. The lowest BCUT2D eigenvalue weighted by Crippen LogP contribution is -2.40. The number of carbonyl (C=O) groups excluding carboxylic acids is 1. The van der Waals surface area contributed by atoms with Gasteiger partial charge in [0.25, 0.3) is 0 Å². The predicted molar refractivity (Wildman–Crippen MR) is 124 cm³/mol. The third kappa shape index (κ3) is 5.55. The maximum atomic E-state index is 14.0. The first-order chi connectivity index (χ1) is 16.3. The number of rotatable bonds is 7. The van der Waals surface area contributed by atoms with Gasteiger partial charge in [0.15, 0.2) is 23.2 Å². The molecule has 1 atom stereocenters. The third-order valence-corrected chi connectivity index (χ3v) is 6.31. The third-order valence-electron chi connectivity index (χ3n) is 6.31. The van der Waals surface area contributed by atoms with E-state index >= 15 is 0 Å². The average molecular weight is 476 g/mol. The summed E-state index contributed by atoms with van der Waals surface area (Å²) in [7, 11) is 0. The maximum absolute atomic E-state index is 14.0. The van der Waals surface area contributed by atoms with Gasteiger partial charge < -0.3 is 25.0 Å². The van der Waals surface area contributed by atoms with Crippen molar-refractivity contribution >= 4 is 17.5 Å². The number of aromatic nitrogens is 2. The van der Waals surface area contributed by atoms with Crippen LogP contribution in [0.15, 0.2) is 18.2 Å². The number of benzene rings is 1. The van der Waals surface area contributed by atoms with Crippen molar-refractivity contribution in [1.82, 2.24) is 14.9 Å². The zero-order valence-corrected chi connectivity index (χ0v) is 19.6. The lowest BCUT2D eigenvalue weighted by atomic mass is 10.1. The number of amides is 1. The summed E-state index contributed by atoms with van der Waals surface area (Å²) in [5, 5.41) is 12.7. The number of halogens is 2. The van der Waals surface area contributed by atoms with E-state index in [0.717, 1.165) is 23.3 Å². The summed E-state index contributed by atoms with van der Waals surface area (Å²) in [6.07, 6.45) is 2.33. The summed E-state index contributed by atoms with van der Waals surface area (Å²) in [4.78, 5) is 25.5. The number of hydrogen-bond acceptors (Lipinski definition) is 7. The van der Waals surface area contributed by atoms with Crippen LogP contribution in [0.3, 0.4) is 0 Å². The Morgan fingerprint density at radius 3 is 2.68 bits per heavy atom. The van der Waals surface area contributed by atoms with Gasteiger partial charge in [-0.2, -0.15) is 0 Å². The van der Waals surface area contributed by atoms with Gasteiger partial charge in [0.1, 0.15) is 11.9 Å². The highest BCUT2D eigenvalue weighted by atomic mass is 19.1. The molecule has 0 spiro atoms. The number of fused-ring (bicyclic) bond motifs is 1. The van der Waals surface area contributed by atoms with E-state index in [9.17, 15) is 18.7 Å². The van der Waals surface area contributed by atoms with Crippen LogP contribution in [0.1, 0.15) is 44.5 Å². The molecule has 4 rings (SSSR count). The Balaban J connectivity index is 1.50. The van der Waals surface area contributed by atoms with Gasteiger partial charge in [-0.3, -0.25) is 4.79 Å². The molecule has 1 amide bonds. The minimum atomic E-state index is -0.702. The second kappa shape index (κ2) is 10.5. The van der Waals surface area contributed by atoms with E-state index in [1.54, 1.807) is 11.8 Å². The van der Waals surface area contributed by atoms with Crippen LogP contribution in [0.2, 0.25) is 0 Å². The first-order valence-electron chi connectivity index (χ1n) is 11.7. The largest absolute Gasteiger partial charge is 0.487 e. The van der Waals surface area contributed by atoms with Crippen LogP contribution in [0.25, 0.3) is 0 Å². The number of nitrogens with one attached hydrogen (secondary N) is 1. The standard InChI is InChI=1S/C24H31F2N5O3/c1-15(8-12-32)27-23-24(29-20-7-11-31(16(2)33)14-21(20)28-23)30-9-5-18(6-10-30)34-22-4-3-17(25)13-19(22)26/h3-4,13,15,18,32H,5-12,14H2,1-2H3,(H,27,28)/t15-/m1/s1. The number of hydrogen-bond donors (Lipinski definition) is 2. The average Bonchev–Trinajstić information content (AvgIpc) is 2.81. The van der Waals surface area contributed by atoms with Gasteiger partial charge in [-0.1, -0.05) is 0 Å². The molecule has 0 aliphatic carbocycles. The van der Waals surface area contributed by atoms with Crippen LogP contribution < -0.4 is 15.0 Å². The minimum Gasteiger partial charge on any atom is -0.487 e. The number of anilines is 2. The molecule has 2 N–H and O–H groups in total. The molecule has 1 saturated heterocycles. The zero-order valence-electron chi connectivity index (χ0n) is 19.6. The number of ether oxygens (including phenoxy) is 1. The molecule has 0 unspecified atom stereocenters. The molecule has 0 radical (unpaired) electrons. The highest BCUT2D eigenvalue weighted by Crippen LogP contribution is 2.31. The van der Waals surface area contributed by atoms with Crippen molar-refractivity contribution in [2.45, 2.75) is 58.2 Å². The van der Waals surface area contributed by atoms with E-state index in [0.29, 0.717) is 57.7 Å². The highest BCUT2D eigenvalue weighted by molar-refractivity contribution is 5.73. The number of aliphatic hydroxyl groups is 1.